The highest BCUT2D eigenvalue weighted by Gasteiger charge is 2.83. The first-order valence-electron chi connectivity index (χ1n) is 5.78. The maximum atomic E-state index is 13.0. The van der Waals surface area contributed by atoms with Crippen LogP contribution in [-0.2, 0) is 4.79 Å². The molecule has 0 rings (SSSR count). The average Bonchev–Trinajstić information content (AvgIpc) is 2.44. The molecule has 0 fully saturated rings. The summed E-state index contributed by atoms with van der Waals surface area (Å²) in [6.07, 6.45) is -10.2. The molecule has 0 saturated carbocycles. The molecule has 0 aromatic heterocycles. The second kappa shape index (κ2) is 6.57. The van der Waals surface area contributed by atoms with E-state index in [4.69, 9.17) is 5.11 Å². The molecule has 0 unspecified atom stereocenters. The quantitative estimate of drug-likeness (QED) is 0.527. The van der Waals surface area contributed by atoms with Crippen LogP contribution in [0.5, 0.6) is 0 Å². The van der Waals surface area contributed by atoms with E-state index in [1.165, 1.54) is 0 Å². The van der Waals surface area contributed by atoms with Crippen molar-refractivity contribution in [2.75, 3.05) is 0 Å². The summed E-state index contributed by atoms with van der Waals surface area (Å²) in [5.74, 6) is -53.5. The number of allylic oxidation sites excluding steroid dienone is 2. The third kappa shape index (κ3) is 3.56. The average molecular weight is 458 g/mol. The number of rotatable bonds is 7. The molecule has 28 heavy (non-hydrogen) atoms. The lowest BCUT2D eigenvalue weighted by Gasteiger charge is -2.34. The van der Waals surface area contributed by atoms with Crippen LogP contribution >= 0.6 is 0 Å². The number of halogens is 16. The lowest BCUT2D eigenvalue weighted by atomic mass is 9.97. The van der Waals surface area contributed by atoms with E-state index >= 15 is 0 Å². The van der Waals surface area contributed by atoms with E-state index < -0.39 is 59.6 Å². The molecule has 0 heterocycles. The van der Waals surface area contributed by atoms with E-state index in [1.54, 1.807) is 0 Å². The SMILES string of the molecule is O=C(O)C(F)(F)C(F)(F)C(F)(F)C(F)(F)/C=C(\F)C(F)(F)C(F)(F)C(F)(F)F. The monoisotopic (exact) mass is 458 g/mol. The Morgan fingerprint density at radius 1 is 0.607 bits per heavy atom. The van der Waals surface area contributed by atoms with Crippen molar-refractivity contribution >= 4 is 5.97 Å². The zero-order chi connectivity index (χ0) is 23.4. The summed E-state index contributed by atoms with van der Waals surface area (Å²) in [7, 11) is 0. The van der Waals surface area contributed by atoms with Crippen LogP contribution in [0.15, 0.2) is 11.9 Å². The summed E-state index contributed by atoms with van der Waals surface area (Å²) >= 11 is 0. The van der Waals surface area contributed by atoms with Crippen LogP contribution in [0.1, 0.15) is 0 Å². The number of carboxylic acids is 1. The molecule has 0 aliphatic heterocycles. The fourth-order valence-corrected chi connectivity index (χ4v) is 1.21. The van der Waals surface area contributed by atoms with Crippen molar-refractivity contribution < 1.29 is 80.1 Å². The van der Waals surface area contributed by atoms with E-state index in [0.717, 1.165) is 0 Å². The first-order valence-corrected chi connectivity index (χ1v) is 5.78. The van der Waals surface area contributed by atoms with Crippen molar-refractivity contribution in [1.29, 1.82) is 0 Å². The van der Waals surface area contributed by atoms with E-state index in [2.05, 4.69) is 0 Å². The molecule has 0 aromatic carbocycles. The second-order valence-electron chi connectivity index (χ2n) is 4.79. The summed E-state index contributed by atoms with van der Waals surface area (Å²) in [4.78, 5) is 9.82. The summed E-state index contributed by atoms with van der Waals surface area (Å²) in [6, 6.07) is 0. The van der Waals surface area contributed by atoms with Crippen molar-refractivity contribution in [3.05, 3.63) is 11.9 Å². The van der Waals surface area contributed by atoms with E-state index in [-0.39, 0.29) is 0 Å². The number of hydrogen-bond acceptors (Lipinski definition) is 1. The summed E-state index contributed by atoms with van der Waals surface area (Å²) < 4.78 is 201. The van der Waals surface area contributed by atoms with E-state index in [0.29, 0.717) is 0 Å². The van der Waals surface area contributed by atoms with Gasteiger partial charge in [0.1, 0.15) is 0 Å². The molecule has 18 heteroatoms. The normalized spacial score (nSPS) is 16.4. The van der Waals surface area contributed by atoms with Crippen molar-refractivity contribution in [3.63, 3.8) is 0 Å². The van der Waals surface area contributed by atoms with Gasteiger partial charge in [-0.2, -0.15) is 65.9 Å². The van der Waals surface area contributed by atoms with Crippen molar-refractivity contribution in [1.82, 2.24) is 0 Å². The lowest BCUT2D eigenvalue weighted by Crippen LogP contribution is -2.64. The van der Waals surface area contributed by atoms with Gasteiger partial charge in [-0.05, 0) is 0 Å². The Kier molecular flexibility index (Phi) is 6.12. The highest BCUT2D eigenvalue weighted by atomic mass is 19.4. The number of aliphatic carboxylic acids is 1. The Balaban J connectivity index is 6.44. The molecule has 0 saturated heterocycles. The molecule has 0 bridgehead atoms. The van der Waals surface area contributed by atoms with Crippen LogP contribution in [0.2, 0.25) is 0 Å². The van der Waals surface area contributed by atoms with Crippen LogP contribution in [0.3, 0.4) is 0 Å². The van der Waals surface area contributed by atoms with Crippen LogP contribution in [0.4, 0.5) is 70.2 Å². The van der Waals surface area contributed by atoms with Crippen molar-refractivity contribution in [2.24, 2.45) is 0 Å². The highest BCUT2D eigenvalue weighted by Crippen LogP contribution is 2.55. The van der Waals surface area contributed by atoms with Gasteiger partial charge in [0, 0.05) is 6.08 Å². The maximum absolute atomic E-state index is 13.0. The molecule has 0 aliphatic carbocycles. The second-order valence-corrected chi connectivity index (χ2v) is 4.79. The molecule has 0 aromatic rings. The van der Waals surface area contributed by atoms with Gasteiger partial charge in [0.15, 0.2) is 5.83 Å². The highest BCUT2D eigenvalue weighted by molar-refractivity contribution is 5.77. The molecule has 0 spiro atoms. The van der Waals surface area contributed by atoms with Gasteiger partial charge < -0.3 is 5.11 Å². The molecular formula is C10H2F16O2. The Bertz CT molecular complexity index is 642. The third-order valence-electron chi connectivity index (χ3n) is 2.83. The molecule has 1 N–H and O–H groups in total. The van der Waals surface area contributed by atoms with Crippen molar-refractivity contribution in [3.8, 4) is 0 Å². The zero-order valence-corrected chi connectivity index (χ0v) is 12.0. The molecule has 2 nitrogen and oxygen atoms in total. The van der Waals surface area contributed by atoms with Gasteiger partial charge in [0.05, 0.1) is 0 Å². The minimum absolute atomic E-state index is 2.88. The first-order chi connectivity index (χ1) is 11.8. The summed E-state index contributed by atoms with van der Waals surface area (Å²) in [5.41, 5.74) is 0. The standard InChI is InChI=1S/C10H2F16O2/c11-2(5(14,15)9(22,23)10(24,25)26)1-4(12,13)7(18,19)8(20,21)6(16,17)3(27)28/h1H,(H,27,28)/b2-1-. The topological polar surface area (TPSA) is 37.3 Å². The number of alkyl halides is 15. The van der Waals surface area contributed by atoms with Crippen LogP contribution < -0.4 is 0 Å². The van der Waals surface area contributed by atoms with Crippen LogP contribution in [0.25, 0.3) is 0 Å². The van der Waals surface area contributed by atoms with E-state index in [9.17, 15) is 75.0 Å². The number of carbonyl (C=O) groups is 1. The molecule has 166 valence electrons. The minimum atomic E-state index is -7.76. The van der Waals surface area contributed by atoms with Gasteiger partial charge in [0.2, 0.25) is 0 Å². The lowest BCUT2D eigenvalue weighted by molar-refractivity contribution is -0.353. The number of hydrogen-bond donors (Lipinski definition) is 1. The maximum Gasteiger partial charge on any atom is 0.460 e. The first kappa shape index (κ1) is 26.1. The van der Waals surface area contributed by atoms with Crippen LogP contribution in [-0.4, -0.2) is 52.8 Å². The Morgan fingerprint density at radius 3 is 1.25 bits per heavy atom. The summed E-state index contributed by atoms with van der Waals surface area (Å²) in [5, 5.41) is 7.67. The Labute approximate surface area is 141 Å². The van der Waals surface area contributed by atoms with Crippen molar-refractivity contribution in [2.45, 2.75) is 41.7 Å². The molecular weight excluding hydrogens is 456 g/mol. The molecule has 0 atom stereocenters. The molecule has 0 radical (unpaired) electrons. The largest absolute Gasteiger partial charge is 0.477 e. The Hall–Kier alpha value is -1.91. The van der Waals surface area contributed by atoms with Gasteiger partial charge in [0.25, 0.3) is 0 Å². The predicted octanol–water partition coefficient (Wildman–Crippen LogP) is 5.30. The van der Waals surface area contributed by atoms with Gasteiger partial charge in [-0.25, -0.2) is 9.18 Å². The van der Waals surface area contributed by atoms with Gasteiger partial charge in [-0.1, -0.05) is 0 Å². The van der Waals surface area contributed by atoms with Gasteiger partial charge >= 0.3 is 47.7 Å². The predicted molar refractivity (Wildman–Crippen MR) is 52.6 cm³/mol. The van der Waals surface area contributed by atoms with E-state index in [1.807, 2.05) is 0 Å². The van der Waals surface area contributed by atoms with Crippen LogP contribution in [0, 0.1) is 0 Å². The fourth-order valence-electron chi connectivity index (χ4n) is 1.21. The van der Waals surface area contributed by atoms with Gasteiger partial charge in [-0.3, -0.25) is 0 Å². The zero-order valence-electron chi connectivity index (χ0n) is 12.0. The number of carboxylic acid groups (broad SMARTS) is 1. The Morgan fingerprint density at radius 2 is 0.964 bits per heavy atom. The fraction of sp³-hybridized carbons (Fsp3) is 0.700. The molecule has 0 amide bonds. The smallest absolute Gasteiger partial charge is 0.460 e. The minimum Gasteiger partial charge on any atom is -0.477 e. The third-order valence-corrected chi connectivity index (χ3v) is 2.83. The summed E-state index contributed by atoms with van der Waals surface area (Å²) in [6.45, 7) is 0. The van der Waals surface area contributed by atoms with Gasteiger partial charge in [-0.15, -0.1) is 0 Å². The molecule has 0 aliphatic rings.